The van der Waals surface area contributed by atoms with E-state index in [2.05, 4.69) is 10.1 Å². The van der Waals surface area contributed by atoms with Gasteiger partial charge in [0.05, 0.1) is 16.9 Å². The number of hydrogen-bond donors (Lipinski definition) is 0. The zero-order chi connectivity index (χ0) is 11.8. The van der Waals surface area contributed by atoms with Crippen LogP contribution in [0.1, 0.15) is 0 Å². The molecule has 2 heterocycles. The minimum atomic E-state index is -0.433. The van der Waals surface area contributed by atoms with Gasteiger partial charge in [-0.1, -0.05) is 11.6 Å². The Morgan fingerprint density at radius 2 is 2.12 bits per heavy atom. The second kappa shape index (κ2) is 3.82. The first-order valence-corrected chi connectivity index (χ1v) is 5.38. The lowest BCUT2D eigenvalue weighted by atomic mass is 10.2. The van der Waals surface area contributed by atoms with Crippen molar-refractivity contribution in [2.24, 2.45) is 0 Å². The molecule has 0 aliphatic carbocycles. The molecule has 0 amide bonds. The fourth-order valence-electron chi connectivity index (χ4n) is 1.68. The van der Waals surface area contributed by atoms with Gasteiger partial charge in [-0.25, -0.2) is 13.9 Å². The number of aromatic nitrogens is 3. The van der Waals surface area contributed by atoms with E-state index in [0.29, 0.717) is 0 Å². The number of benzene rings is 1. The van der Waals surface area contributed by atoms with Gasteiger partial charge in [0.2, 0.25) is 0 Å². The summed E-state index contributed by atoms with van der Waals surface area (Å²) in [4.78, 5) is 4.21. The summed E-state index contributed by atoms with van der Waals surface area (Å²) in [6.07, 6.45) is 3.36. The van der Waals surface area contributed by atoms with E-state index >= 15 is 0 Å². The van der Waals surface area contributed by atoms with E-state index in [1.807, 2.05) is 12.1 Å². The molecule has 0 unspecified atom stereocenters. The summed E-state index contributed by atoms with van der Waals surface area (Å²) in [6, 6.07) is 8.21. The maximum atomic E-state index is 13.1. The molecule has 17 heavy (non-hydrogen) atoms. The summed E-state index contributed by atoms with van der Waals surface area (Å²) in [5, 5.41) is 4.28. The molecule has 0 aliphatic heterocycles. The smallest absolute Gasteiger partial charge is 0.154 e. The maximum absolute atomic E-state index is 13.1. The van der Waals surface area contributed by atoms with Gasteiger partial charge in [-0.15, -0.1) is 0 Å². The van der Waals surface area contributed by atoms with Crippen molar-refractivity contribution in [1.29, 1.82) is 0 Å². The molecule has 3 aromatic rings. The zero-order valence-electron chi connectivity index (χ0n) is 8.64. The normalized spacial score (nSPS) is 10.9. The number of imidazole rings is 1. The van der Waals surface area contributed by atoms with Gasteiger partial charge in [0.1, 0.15) is 5.82 Å². The molecule has 3 rings (SSSR count). The summed E-state index contributed by atoms with van der Waals surface area (Å²) in [7, 11) is 0. The van der Waals surface area contributed by atoms with Crippen LogP contribution in [-0.4, -0.2) is 14.6 Å². The Bertz CT molecular complexity index is 693. The highest BCUT2D eigenvalue weighted by molar-refractivity contribution is 6.31. The van der Waals surface area contributed by atoms with Crippen LogP contribution in [-0.2, 0) is 0 Å². The number of fused-ring (bicyclic) bond motifs is 1. The van der Waals surface area contributed by atoms with Gasteiger partial charge in [-0.2, -0.15) is 5.10 Å². The third kappa shape index (κ3) is 1.66. The Morgan fingerprint density at radius 3 is 2.94 bits per heavy atom. The number of halogens is 2. The largest absolute Gasteiger partial charge is 0.235 e. The van der Waals surface area contributed by atoms with Gasteiger partial charge in [-0.05, 0) is 30.3 Å². The van der Waals surface area contributed by atoms with Gasteiger partial charge in [0, 0.05) is 11.8 Å². The third-order valence-corrected chi connectivity index (χ3v) is 2.78. The number of rotatable bonds is 1. The lowest BCUT2D eigenvalue weighted by Gasteiger charge is -2.01. The first-order chi connectivity index (χ1) is 8.25. The molecular formula is C12H7ClFN3. The minimum absolute atomic E-state index is 0.0911. The van der Waals surface area contributed by atoms with Gasteiger partial charge in [0.25, 0.3) is 0 Å². The lowest BCUT2D eigenvalue weighted by molar-refractivity contribution is 0.628. The molecule has 0 saturated carbocycles. The molecule has 5 heteroatoms. The molecule has 0 radical (unpaired) electrons. The Balaban J connectivity index is 2.24. The van der Waals surface area contributed by atoms with Crippen LogP contribution in [0.5, 0.6) is 0 Å². The van der Waals surface area contributed by atoms with Crippen molar-refractivity contribution in [3.63, 3.8) is 0 Å². The maximum Gasteiger partial charge on any atom is 0.154 e. The molecule has 0 atom stereocenters. The summed E-state index contributed by atoms with van der Waals surface area (Å²) in [5.41, 5.74) is 2.30. The third-order valence-electron chi connectivity index (χ3n) is 2.49. The van der Waals surface area contributed by atoms with Crippen molar-refractivity contribution in [3.8, 4) is 11.3 Å². The van der Waals surface area contributed by atoms with E-state index in [4.69, 9.17) is 11.6 Å². The molecule has 0 aliphatic rings. The van der Waals surface area contributed by atoms with Crippen molar-refractivity contribution in [3.05, 3.63) is 53.6 Å². The van der Waals surface area contributed by atoms with Gasteiger partial charge < -0.3 is 0 Å². The second-order valence-electron chi connectivity index (χ2n) is 3.57. The average molecular weight is 248 g/mol. The highest BCUT2D eigenvalue weighted by Gasteiger charge is 2.08. The predicted octanol–water partition coefficient (Wildman–Crippen LogP) is 3.19. The van der Waals surface area contributed by atoms with Crippen molar-refractivity contribution in [1.82, 2.24) is 14.6 Å². The first kappa shape index (κ1) is 10.2. The van der Waals surface area contributed by atoms with Crippen LogP contribution in [0.25, 0.3) is 16.9 Å². The quantitative estimate of drug-likeness (QED) is 0.661. The zero-order valence-corrected chi connectivity index (χ0v) is 9.39. The standard InChI is InChI=1S/C12H7ClFN3/c13-9-6-8(3-4-10(9)14)11-7-15-12-2-1-5-16-17(11)12/h1-7H. The molecule has 0 saturated heterocycles. The van der Waals surface area contributed by atoms with Gasteiger partial charge in [0.15, 0.2) is 5.65 Å². The Labute approximate surface area is 101 Å². The molecule has 0 fully saturated rings. The highest BCUT2D eigenvalue weighted by atomic mass is 35.5. The topological polar surface area (TPSA) is 30.2 Å². The van der Waals surface area contributed by atoms with Crippen LogP contribution in [0.3, 0.4) is 0 Å². The molecular weight excluding hydrogens is 241 g/mol. The molecule has 0 spiro atoms. The summed E-state index contributed by atoms with van der Waals surface area (Å²) in [6.45, 7) is 0. The molecule has 84 valence electrons. The molecule has 1 aromatic carbocycles. The fourth-order valence-corrected chi connectivity index (χ4v) is 1.86. The Morgan fingerprint density at radius 1 is 1.24 bits per heavy atom. The van der Waals surface area contributed by atoms with Gasteiger partial charge in [-0.3, -0.25) is 0 Å². The molecule has 3 nitrogen and oxygen atoms in total. The van der Waals surface area contributed by atoms with Gasteiger partial charge >= 0.3 is 0 Å². The predicted molar refractivity (Wildman–Crippen MR) is 63.4 cm³/mol. The Kier molecular flexibility index (Phi) is 2.30. The van der Waals surface area contributed by atoms with Crippen LogP contribution in [0.4, 0.5) is 4.39 Å². The van der Waals surface area contributed by atoms with Crippen molar-refractivity contribution in [2.75, 3.05) is 0 Å². The fraction of sp³-hybridized carbons (Fsp3) is 0. The van der Waals surface area contributed by atoms with Crippen molar-refractivity contribution >= 4 is 17.2 Å². The van der Waals surface area contributed by atoms with Crippen LogP contribution < -0.4 is 0 Å². The number of hydrogen-bond acceptors (Lipinski definition) is 2. The monoisotopic (exact) mass is 247 g/mol. The minimum Gasteiger partial charge on any atom is -0.235 e. The highest BCUT2D eigenvalue weighted by Crippen LogP contribution is 2.24. The van der Waals surface area contributed by atoms with E-state index in [1.165, 1.54) is 6.07 Å². The average Bonchev–Trinajstić information content (AvgIpc) is 2.76. The van der Waals surface area contributed by atoms with E-state index in [1.54, 1.807) is 29.0 Å². The molecule has 0 N–H and O–H groups in total. The van der Waals surface area contributed by atoms with E-state index in [0.717, 1.165) is 16.9 Å². The Hall–Kier alpha value is -1.94. The van der Waals surface area contributed by atoms with Crippen LogP contribution in [0, 0.1) is 5.82 Å². The summed E-state index contributed by atoms with van der Waals surface area (Å²) in [5.74, 6) is -0.433. The molecule has 2 aromatic heterocycles. The van der Waals surface area contributed by atoms with E-state index in [9.17, 15) is 4.39 Å². The molecule has 0 bridgehead atoms. The van der Waals surface area contributed by atoms with Crippen LogP contribution in [0.2, 0.25) is 5.02 Å². The van der Waals surface area contributed by atoms with Crippen LogP contribution >= 0.6 is 11.6 Å². The second-order valence-corrected chi connectivity index (χ2v) is 3.97. The van der Waals surface area contributed by atoms with E-state index < -0.39 is 5.82 Å². The lowest BCUT2D eigenvalue weighted by Crippen LogP contribution is -1.92. The summed E-state index contributed by atoms with van der Waals surface area (Å²) < 4.78 is 14.8. The van der Waals surface area contributed by atoms with E-state index in [-0.39, 0.29) is 5.02 Å². The van der Waals surface area contributed by atoms with Crippen molar-refractivity contribution in [2.45, 2.75) is 0 Å². The van der Waals surface area contributed by atoms with Crippen molar-refractivity contribution < 1.29 is 4.39 Å². The number of nitrogens with zero attached hydrogens (tertiary/aromatic N) is 3. The summed E-state index contributed by atoms with van der Waals surface area (Å²) >= 11 is 5.76. The van der Waals surface area contributed by atoms with Crippen LogP contribution in [0.15, 0.2) is 42.7 Å². The SMILES string of the molecule is Fc1ccc(-c2cnc3cccnn23)cc1Cl. The first-order valence-electron chi connectivity index (χ1n) is 5.00.